The summed E-state index contributed by atoms with van der Waals surface area (Å²) in [5, 5.41) is 0. The van der Waals surface area contributed by atoms with Crippen LogP contribution in [-0.4, -0.2) is 18.4 Å². The van der Waals surface area contributed by atoms with Crippen LogP contribution >= 0.6 is 0 Å². The summed E-state index contributed by atoms with van der Waals surface area (Å²) in [6, 6.07) is 21.1. The maximum Gasteiger partial charge on any atom is 0.416 e. The summed E-state index contributed by atoms with van der Waals surface area (Å²) in [7, 11) is 0. The topological polar surface area (TPSA) is 67.4 Å². The molecule has 3 rings (SSSR count). The lowest BCUT2D eigenvalue weighted by molar-refractivity contribution is -0.137. The van der Waals surface area contributed by atoms with Gasteiger partial charge in [0.2, 0.25) is 5.91 Å². The van der Waals surface area contributed by atoms with Gasteiger partial charge in [0.15, 0.2) is 6.61 Å². The first kappa shape index (κ1) is 21.9. The number of rotatable bonds is 6. The smallest absolute Gasteiger partial charge is 0.416 e. The molecular weight excluding hydrogens is 409 g/mol. The van der Waals surface area contributed by atoms with Crippen LogP contribution in [0.5, 0.6) is 5.75 Å². The summed E-state index contributed by atoms with van der Waals surface area (Å²) < 4.78 is 43.8. The van der Waals surface area contributed by atoms with Gasteiger partial charge in [-0.1, -0.05) is 66.7 Å². The van der Waals surface area contributed by atoms with Gasteiger partial charge in [-0.2, -0.15) is 13.2 Å². The molecule has 0 spiro atoms. The molecule has 31 heavy (non-hydrogen) atoms. The van der Waals surface area contributed by atoms with Gasteiger partial charge in [-0.15, -0.1) is 0 Å². The van der Waals surface area contributed by atoms with E-state index in [2.05, 4.69) is 10.9 Å². The Hall–Kier alpha value is -3.81. The molecule has 3 aromatic rings. The maximum atomic E-state index is 12.7. The number of hydrogen-bond donors (Lipinski definition) is 2. The van der Waals surface area contributed by atoms with Gasteiger partial charge < -0.3 is 4.74 Å². The summed E-state index contributed by atoms with van der Waals surface area (Å²) in [4.78, 5) is 24.0. The molecular formula is C23H19F3N2O3. The van der Waals surface area contributed by atoms with Gasteiger partial charge in [-0.05, 0) is 23.3 Å². The molecule has 0 aliphatic carbocycles. The standard InChI is InChI=1S/C23H19F3N2O3/c24-23(25,26)18-10-6-7-16(13-18)14-21(29)27-28-22(30)15-31-20-12-5-4-11-19(20)17-8-2-1-3-9-17/h1-13H,14-15H2,(H,27,29)(H,28,30). The third-order valence-corrected chi connectivity index (χ3v) is 4.29. The fraction of sp³-hybridized carbons (Fsp3) is 0.130. The highest BCUT2D eigenvalue weighted by atomic mass is 19.4. The molecule has 2 amide bonds. The molecule has 2 N–H and O–H groups in total. The number of amides is 2. The van der Waals surface area contributed by atoms with E-state index in [4.69, 9.17) is 4.74 Å². The third-order valence-electron chi connectivity index (χ3n) is 4.29. The predicted molar refractivity (Wildman–Crippen MR) is 109 cm³/mol. The Morgan fingerprint density at radius 3 is 2.23 bits per heavy atom. The van der Waals surface area contributed by atoms with E-state index in [-0.39, 0.29) is 18.6 Å². The van der Waals surface area contributed by atoms with Crippen molar-refractivity contribution in [1.82, 2.24) is 10.9 Å². The minimum Gasteiger partial charge on any atom is -0.483 e. The highest BCUT2D eigenvalue weighted by Gasteiger charge is 2.30. The van der Waals surface area contributed by atoms with Crippen LogP contribution in [0, 0.1) is 0 Å². The minimum atomic E-state index is -4.49. The van der Waals surface area contributed by atoms with Crippen molar-refractivity contribution in [3.8, 4) is 16.9 Å². The van der Waals surface area contributed by atoms with E-state index < -0.39 is 23.6 Å². The fourth-order valence-electron chi connectivity index (χ4n) is 2.85. The van der Waals surface area contributed by atoms with Crippen molar-refractivity contribution in [1.29, 1.82) is 0 Å². The van der Waals surface area contributed by atoms with E-state index in [0.29, 0.717) is 5.75 Å². The molecule has 0 atom stereocenters. The van der Waals surface area contributed by atoms with Crippen molar-refractivity contribution < 1.29 is 27.5 Å². The number of hydrogen-bond acceptors (Lipinski definition) is 3. The van der Waals surface area contributed by atoms with Crippen molar-refractivity contribution >= 4 is 11.8 Å². The molecule has 0 fully saturated rings. The number of nitrogens with one attached hydrogen (secondary N) is 2. The molecule has 160 valence electrons. The second-order valence-electron chi connectivity index (χ2n) is 6.62. The van der Waals surface area contributed by atoms with Crippen LogP contribution < -0.4 is 15.6 Å². The Morgan fingerprint density at radius 2 is 1.48 bits per heavy atom. The molecule has 0 radical (unpaired) electrons. The Kier molecular flexibility index (Phi) is 6.92. The van der Waals surface area contributed by atoms with Crippen LogP contribution in [0.25, 0.3) is 11.1 Å². The maximum absolute atomic E-state index is 12.7. The zero-order chi connectivity index (χ0) is 22.3. The van der Waals surface area contributed by atoms with E-state index in [1.807, 2.05) is 42.5 Å². The number of ether oxygens (including phenoxy) is 1. The lowest BCUT2D eigenvalue weighted by Gasteiger charge is -2.12. The molecule has 0 saturated carbocycles. The Bertz CT molecular complexity index is 1050. The van der Waals surface area contributed by atoms with E-state index in [9.17, 15) is 22.8 Å². The first-order valence-corrected chi connectivity index (χ1v) is 9.34. The molecule has 0 aliphatic heterocycles. The Labute approximate surface area is 176 Å². The number of para-hydroxylation sites is 1. The lowest BCUT2D eigenvalue weighted by atomic mass is 10.1. The molecule has 0 unspecified atom stereocenters. The molecule has 5 nitrogen and oxygen atoms in total. The molecule has 3 aromatic carbocycles. The molecule has 0 saturated heterocycles. The van der Waals surface area contributed by atoms with Gasteiger partial charge >= 0.3 is 6.18 Å². The number of halogens is 3. The Balaban J connectivity index is 1.51. The number of carbonyl (C=O) groups excluding carboxylic acids is 2. The summed E-state index contributed by atoms with van der Waals surface area (Å²) in [5.41, 5.74) is 5.43. The molecule has 0 bridgehead atoms. The average Bonchev–Trinajstić information content (AvgIpc) is 2.77. The number of hydrazine groups is 1. The third kappa shape index (κ3) is 6.33. The second-order valence-corrected chi connectivity index (χ2v) is 6.62. The monoisotopic (exact) mass is 428 g/mol. The zero-order valence-corrected chi connectivity index (χ0v) is 16.3. The van der Waals surface area contributed by atoms with E-state index in [1.165, 1.54) is 12.1 Å². The first-order valence-electron chi connectivity index (χ1n) is 9.34. The van der Waals surface area contributed by atoms with Crippen molar-refractivity contribution in [2.75, 3.05) is 6.61 Å². The summed E-state index contributed by atoms with van der Waals surface area (Å²) in [5.74, 6) is -0.767. The van der Waals surface area contributed by atoms with Crippen LogP contribution in [0.3, 0.4) is 0 Å². The number of carbonyl (C=O) groups is 2. The Morgan fingerprint density at radius 1 is 0.806 bits per heavy atom. The molecule has 0 heterocycles. The van der Waals surface area contributed by atoms with Crippen LogP contribution in [0.2, 0.25) is 0 Å². The average molecular weight is 428 g/mol. The zero-order valence-electron chi connectivity index (χ0n) is 16.3. The SMILES string of the molecule is O=C(COc1ccccc1-c1ccccc1)NNC(=O)Cc1cccc(C(F)(F)F)c1. The van der Waals surface area contributed by atoms with Crippen molar-refractivity contribution in [2.24, 2.45) is 0 Å². The highest BCUT2D eigenvalue weighted by Crippen LogP contribution is 2.30. The highest BCUT2D eigenvalue weighted by molar-refractivity contribution is 5.84. The molecule has 0 aromatic heterocycles. The number of alkyl halides is 3. The number of benzene rings is 3. The summed E-state index contributed by atoms with van der Waals surface area (Å²) >= 11 is 0. The van der Waals surface area contributed by atoms with Gasteiger partial charge in [0.05, 0.1) is 12.0 Å². The van der Waals surface area contributed by atoms with E-state index in [0.717, 1.165) is 23.3 Å². The van der Waals surface area contributed by atoms with Crippen LogP contribution in [0.4, 0.5) is 13.2 Å². The first-order chi connectivity index (χ1) is 14.8. The molecule has 8 heteroatoms. The minimum absolute atomic E-state index is 0.176. The predicted octanol–water partition coefficient (Wildman–Crippen LogP) is 4.14. The largest absolute Gasteiger partial charge is 0.483 e. The van der Waals surface area contributed by atoms with Crippen molar-refractivity contribution in [2.45, 2.75) is 12.6 Å². The fourth-order valence-corrected chi connectivity index (χ4v) is 2.85. The van der Waals surface area contributed by atoms with Gasteiger partial charge in [0.25, 0.3) is 5.91 Å². The van der Waals surface area contributed by atoms with Gasteiger partial charge in [0.1, 0.15) is 5.75 Å². The van der Waals surface area contributed by atoms with Gasteiger partial charge in [-0.3, -0.25) is 20.4 Å². The van der Waals surface area contributed by atoms with Gasteiger partial charge in [0, 0.05) is 5.56 Å². The quantitative estimate of drug-likeness (QED) is 0.580. The van der Waals surface area contributed by atoms with Crippen molar-refractivity contribution in [3.63, 3.8) is 0 Å². The van der Waals surface area contributed by atoms with Crippen molar-refractivity contribution in [3.05, 3.63) is 90.0 Å². The van der Waals surface area contributed by atoms with Crippen LogP contribution in [0.1, 0.15) is 11.1 Å². The molecule has 0 aliphatic rings. The summed E-state index contributed by atoms with van der Waals surface area (Å²) in [6.45, 7) is -0.353. The van der Waals surface area contributed by atoms with E-state index >= 15 is 0 Å². The van der Waals surface area contributed by atoms with Crippen LogP contribution in [0.15, 0.2) is 78.9 Å². The van der Waals surface area contributed by atoms with Gasteiger partial charge in [-0.25, -0.2) is 0 Å². The second kappa shape index (κ2) is 9.80. The summed E-state index contributed by atoms with van der Waals surface area (Å²) in [6.07, 6.45) is -4.81. The normalized spacial score (nSPS) is 10.9. The lowest BCUT2D eigenvalue weighted by Crippen LogP contribution is -2.44. The van der Waals surface area contributed by atoms with Crippen LogP contribution in [-0.2, 0) is 22.2 Å². The van der Waals surface area contributed by atoms with E-state index in [1.54, 1.807) is 12.1 Å².